The number of para-hydroxylation sites is 1. The van der Waals surface area contributed by atoms with Gasteiger partial charge in [0.2, 0.25) is 5.91 Å². The molecule has 0 spiro atoms. The molecule has 0 fully saturated rings. The van der Waals surface area contributed by atoms with Crippen LogP contribution in [0.1, 0.15) is 6.42 Å². The highest BCUT2D eigenvalue weighted by atomic mass is 79.9. The van der Waals surface area contributed by atoms with E-state index >= 15 is 0 Å². The molecule has 7 heteroatoms. The molecule has 0 saturated heterocycles. The number of hydrogen-bond donors (Lipinski definition) is 1. The topological polar surface area (TPSA) is 38.3 Å². The lowest BCUT2D eigenvalue weighted by Gasteiger charge is -2.11. The Morgan fingerprint density at radius 3 is 2.74 bits per heavy atom. The van der Waals surface area contributed by atoms with Crippen LogP contribution in [0.4, 0.5) is 14.5 Å². The van der Waals surface area contributed by atoms with Crippen LogP contribution in [-0.4, -0.2) is 18.3 Å². The summed E-state index contributed by atoms with van der Waals surface area (Å²) in [7, 11) is 0. The minimum atomic E-state index is -2.53. The zero-order chi connectivity index (χ0) is 16.7. The fourth-order valence-electron chi connectivity index (χ4n) is 1.80. The van der Waals surface area contributed by atoms with Gasteiger partial charge in [0.25, 0.3) is 5.76 Å². The number of carbonyl (C=O) groups is 1. The standard InChI is InChI=1S/C16H14BrF2NO2S/c17-11-4-3-5-12(10-11)22-9-8-15(21)20-13-6-1-2-7-14(13)23-16(18)19/h1-7,10,16H,8-9H2,(H,20,21). The van der Waals surface area contributed by atoms with Gasteiger partial charge in [0.1, 0.15) is 5.75 Å². The van der Waals surface area contributed by atoms with Gasteiger partial charge in [-0.2, -0.15) is 8.78 Å². The first-order valence-electron chi connectivity index (χ1n) is 6.76. The molecule has 3 nitrogen and oxygen atoms in total. The van der Waals surface area contributed by atoms with Gasteiger partial charge in [0, 0.05) is 9.37 Å². The number of hydrogen-bond acceptors (Lipinski definition) is 3. The van der Waals surface area contributed by atoms with Gasteiger partial charge >= 0.3 is 0 Å². The van der Waals surface area contributed by atoms with Gasteiger partial charge in [-0.3, -0.25) is 4.79 Å². The van der Waals surface area contributed by atoms with Crippen LogP contribution in [0.2, 0.25) is 0 Å². The van der Waals surface area contributed by atoms with Crippen LogP contribution in [0.15, 0.2) is 57.9 Å². The molecule has 0 aliphatic rings. The molecule has 2 aromatic carbocycles. The first kappa shape index (κ1) is 17.7. The van der Waals surface area contributed by atoms with Crippen molar-refractivity contribution in [2.24, 2.45) is 0 Å². The van der Waals surface area contributed by atoms with E-state index in [-0.39, 0.29) is 18.9 Å². The number of amides is 1. The van der Waals surface area contributed by atoms with Crippen LogP contribution in [0.5, 0.6) is 5.75 Å². The van der Waals surface area contributed by atoms with E-state index in [1.54, 1.807) is 36.4 Å². The number of thioether (sulfide) groups is 1. The second kappa shape index (κ2) is 8.88. The molecule has 0 aliphatic heterocycles. The smallest absolute Gasteiger partial charge is 0.288 e. The third kappa shape index (κ3) is 6.19. The summed E-state index contributed by atoms with van der Waals surface area (Å²) in [4.78, 5) is 12.2. The quantitative estimate of drug-likeness (QED) is 0.650. The molecule has 1 amide bonds. The van der Waals surface area contributed by atoms with Crippen LogP contribution in [0, 0.1) is 0 Å². The van der Waals surface area contributed by atoms with Crippen molar-refractivity contribution in [3.05, 3.63) is 53.0 Å². The molecule has 0 bridgehead atoms. The Hall–Kier alpha value is -1.60. The SMILES string of the molecule is O=C(CCOc1cccc(Br)c1)Nc1ccccc1SC(F)F. The Labute approximate surface area is 145 Å². The van der Waals surface area contributed by atoms with Crippen LogP contribution in [-0.2, 0) is 4.79 Å². The number of nitrogens with one attached hydrogen (secondary N) is 1. The maximum absolute atomic E-state index is 12.5. The summed E-state index contributed by atoms with van der Waals surface area (Å²) in [6.45, 7) is 0.201. The Morgan fingerprint density at radius 1 is 1.22 bits per heavy atom. The summed E-state index contributed by atoms with van der Waals surface area (Å²) in [5, 5.41) is 2.63. The van der Waals surface area contributed by atoms with Crippen LogP contribution in [0.3, 0.4) is 0 Å². The number of rotatable bonds is 7. The highest BCUT2D eigenvalue weighted by Gasteiger charge is 2.11. The highest BCUT2D eigenvalue weighted by molar-refractivity contribution is 9.10. The molecule has 23 heavy (non-hydrogen) atoms. The lowest BCUT2D eigenvalue weighted by molar-refractivity contribution is -0.116. The zero-order valence-corrected chi connectivity index (χ0v) is 14.4. The first-order valence-corrected chi connectivity index (χ1v) is 8.44. The van der Waals surface area contributed by atoms with Crippen molar-refractivity contribution < 1.29 is 18.3 Å². The van der Waals surface area contributed by atoms with Crippen molar-refractivity contribution in [2.45, 2.75) is 17.1 Å². The predicted octanol–water partition coefficient (Wildman–Crippen LogP) is 5.17. The van der Waals surface area contributed by atoms with E-state index in [4.69, 9.17) is 4.74 Å². The molecule has 0 radical (unpaired) electrons. The largest absolute Gasteiger partial charge is 0.493 e. The van der Waals surface area contributed by atoms with Crippen LogP contribution >= 0.6 is 27.7 Å². The van der Waals surface area contributed by atoms with Crippen molar-refractivity contribution in [3.8, 4) is 5.75 Å². The molecular formula is C16H14BrF2NO2S. The van der Waals surface area contributed by atoms with E-state index in [2.05, 4.69) is 21.2 Å². The third-order valence-electron chi connectivity index (χ3n) is 2.77. The molecule has 0 heterocycles. The van der Waals surface area contributed by atoms with E-state index in [1.165, 1.54) is 0 Å². The molecular weight excluding hydrogens is 388 g/mol. The summed E-state index contributed by atoms with van der Waals surface area (Å²) in [6, 6.07) is 13.8. The fraction of sp³-hybridized carbons (Fsp3) is 0.188. The van der Waals surface area contributed by atoms with Crippen molar-refractivity contribution in [3.63, 3.8) is 0 Å². The maximum atomic E-state index is 12.5. The summed E-state index contributed by atoms with van der Waals surface area (Å²) >= 11 is 3.74. The molecule has 2 rings (SSSR count). The number of ether oxygens (including phenoxy) is 1. The Morgan fingerprint density at radius 2 is 2.00 bits per heavy atom. The van der Waals surface area contributed by atoms with E-state index < -0.39 is 5.76 Å². The van der Waals surface area contributed by atoms with E-state index in [0.717, 1.165) is 4.47 Å². The monoisotopic (exact) mass is 401 g/mol. The molecule has 122 valence electrons. The lowest BCUT2D eigenvalue weighted by atomic mass is 10.3. The van der Waals surface area contributed by atoms with E-state index in [0.29, 0.717) is 28.1 Å². The Bertz CT molecular complexity index is 670. The van der Waals surface area contributed by atoms with Gasteiger partial charge in [-0.15, -0.1) is 0 Å². The summed E-state index contributed by atoms with van der Waals surface area (Å²) in [5.74, 6) is -2.17. The summed E-state index contributed by atoms with van der Waals surface area (Å²) < 4.78 is 31.3. The van der Waals surface area contributed by atoms with Gasteiger partial charge in [0.05, 0.1) is 18.7 Å². The molecule has 1 N–H and O–H groups in total. The van der Waals surface area contributed by atoms with Crippen molar-refractivity contribution in [1.29, 1.82) is 0 Å². The van der Waals surface area contributed by atoms with Gasteiger partial charge in [-0.25, -0.2) is 0 Å². The van der Waals surface area contributed by atoms with Gasteiger partial charge < -0.3 is 10.1 Å². The van der Waals surface area contributed by atoms with Gasteiger partial charge in [-0.05, 0) is 30.3 Å². The normalized spacial score (nSPS) is 10.6. The van der Waals surface area contributed by atoms with Gasteiger partial charge in [0.15, 0.2) is 0 Å². The van der Waals surface area contributed by atoms with Crippen molar-refractivity contribution in [1.82, 2.24) is 0 Å². The number of anilines is 1. The molecule has 0 aliphatic carbocycles. The van der Waals surface area contributed by atoms with E-state index in [9.17, 15) is 13.6 Å². The second-order valence-corrected chi connectivity index (χ2v) is 6.43. The van der Waals surface area contributed by atoms with Crippen LogP contribution in [0.25, 0.3) is 0 Å². The molecule has 2 aromatic rings. The Balaban J connectivity index is 1.85. The lowest BCUT2D eigenvalue weighted by Crippen LogP contribution is -2.15. The number of alkyl halides is 2. The minimum Gasteiger partial charge on any atom is -0.493 e. The van der Waals surface area contributed by atoms with Crippen molar-refractivity contribution in [2.75, 3.05) is 11.9 Å². The fourth-order valence-corrected chi connectivity index (χ4v) is 2.77. The first-order chi connectivity index (χ1) is 11.0. The number of halogens is 3. The number of carbonyl (C=O) groups excluding carboxylic acids is 1. The summed E-state index contributed by atoms with van der Waals surface area (Å²) in [5.41, 5.74) is 0.380. The molecule has 0 unspecified atom stereocenters. The predicted molar refractivity (Wildman–Crippen MR) is 91.2 cm³/mol. The number of benzene rings is 2. The van der Waals surface area contributed by atoms with Crippen LogP contribution < -0.4 is 10.1 Å². The zero-order valence-electron chi connectivity index (χ0n) is 12.0. The van der Waals surface area contributed by atoms with E-state index in [1.807, 2.05) is 12.1 Å². The third-order valence-corrected chi connectivity index (χ3v) is 4.05. The average Bonchev–Trinajstić information content (AvgIpc) is 2.49. The molecule has 0 atom stereocenters. The highest BCUT2D eigenvalue weighted by Crippen LogP contribution is 2.31. The average molecular weight is 402 g/mol. The summed E-state index contributed by atoms with van der Waals surface area (Å²) in [6.07, 6.45) is 0.125. The molecule has 0 aromatic heterocycles. The van der Waals surface area contributed by atoms with Gasteiger partial charge in [-0.1, -0.05) is 45.9 Å². The maximum Gasteiger partial charge on any atom is 0.288 e. The Kier molecular flexibility index (Phi) is 6.85. The minimum absolute atomic E-state index is 0.125. The molecule has 0 saturated carbocycles. The van der Waals surface area contributed by atoms with Crippen molar-refractivity contribution >= 4 is 39.3 Å². The second-order valence-electron chi connectivity index (χ2n) is 4.48.